The SMILES string of the molecule is OCCc1noc(-c2c(O)cccc2F)n1. The smallest absolute Gasteiger partial charge is 0.264 e. The molecular weight excluding hydrogens is 215 g/mol. The summed E-state index contributed by atoms with van der Waals surface area (Å²) in [6.45, 7) is -0.123. The molecule has 0 aliphatic rings. The summed E-state index contributed by atoms with van der Waals surface area (Å²) in [5.41, 5.74) is -0.126. The van der Waals surface area contributed by atoms with Gasteiger partial charge in [-0.25, -0.2) is 4.39 Å². The van der Waals surface area contributed by atoms with E-state index in [1.807, 2.05) is 0 Å². The Morgan fingerprint density at radius 2 is 2.19 bits per heavy atom. The van der Waals surface area contributed by atoms with Crippen LogP contribution in [0.4, 0.5) is 4.39 Å². The molecule has 2 N–H and O–H groups in total. The first-order valence-electron chi connectivity index (χ1n) is 4.63. The second-order valence-corrected chi connectivity index (χ2v) is 3.12. The first-order chi connectivity index (χ1) is 7.72. The molecule has 0 saturated heterocycles. The van der Waals surface area contributed by atoms with Gasteiger partial charge in [-0.2, -0.15) is 4.98 Å². The maximum Gasteiger partial charge on any atom is 0.264 e. The van der Waals surface area contributed by atoms with Crippen molar-refractivity contribution in [2.75, 3.05) is 6.61 Å². The van der Waals surface area contributed by atoms with E-state index in [1.54, 1.807) is 0 Å². The van der Waals surface area contributed by atoms with E-state index in [0.29, 0.717) is 0 Å². The summed E-state index contributed by atoms with van der Waals surface area (Å²) in [4.78, 5) is 3.85. The van der Waals surface area contributed by atoms with Gasteiger partial charge in [-0.3, -0.25) is 0 Å². The lowest BCUT2D eigenvalue weighted by Crippen LogP contribution is -1.92. The first kappa shape index (κ1) is 10.6. The molecule has 0 unspecified atom stereocenters. The number of aliphatic hydroxyl groups excluding tert-OH is 1. The fourth-order valence-corrected chi connectivity index (χ4v) is 1.28. The Hall–Kier alpha value is -1.95. The molecule has 16 heavy (non-hydrogen) atoms. The largest absolute Gasteiger partial charge is 0.507 e. The fraction of sp³-hybridized carbons (Fsp3) is 0.200. The van der Waals surface area contributed by atoms with Gasteiger partial charge in [0.25, 0.3) is 5.89 Å². The van der Waals surface area contributed by atoms with Gasteiger partial charge < -0.3 is 14.7 Å². The quantitative estimate of drug-likeness (QED) is 0.816. The van der Waals surface area contributed by atoms with E-state index >= 15 is 0 Å². The second kappa shape index (κ2) is 4.28. The Balaban J connectivity index is 2.42. The van der Waals surface area contributed by atoms with Crippen LogP contribution in [0.1, 0.15) is 5.82 Å². The molecule has 0 atom stereocenters. The van der Waals surface area contributed by atoms with Crippen LogP contribution in [0.2, 0.25) is 0 Å². The summed E-state index contributed by atoms with van der Waals surface area (Å²) in [5, 5.41) is 21.7. The van der Waals surface area contributed by atoms with Gasteiger partial charge in [0.05, 0.1) is 6.61 Å². The molecule has 0 fully saturated rings. The van der Waals surface area contributed by atoms with Crippen molar-refractivity contribution >= 4 is 0 Å². The third-order valence-electron chi connectivity index (χ3n) is 2.01. The summed E-state index contributed by atoms with van der Waals surface area (Å²) >= 11 is 0. The molecule has 2 aromatic rings. The number of aliphatic hydroxyl groups is 1. The molecule has 0 amide bonds. The number of benzene rings is 1. The number of aromatic nitrogens is 2. The van der Waals surface area contributed by atoms with Gasteiger partial charge in [-0.1, -0.05) is 11.2 Å². The zero-order chi connectivity index (χ0) is 11.5. The van der Waals surface area contributed by atoms with Crippen LogP contribution >= 0.6 is 0 Å². The van der Waals surface area contributed by atoms with Crippen molar-refractivity contribution in [3.05, 3.63) is 29.8 Å². The summed E-state index contributed by atoms with van der Waals surface area (Å²) in [6.07, 6.45) is 0.221. The van der Waals surface area contributed by atoms with E-state index in [-0.39, 0.29) is 36.1 Å². The highest BCUT2D eigenvalue weighted by atomic mass is 19.1. The number of hydrogen-bond acceptors (Lipinski definition) is 5. The van der Waals surface area contributed by atoms with Crippen LogP contribution in [0.25, 0.3) is 11.5 Å². The Kier molecular flexibility index (Phi) is 2.82. The van der Waals surface area contributed by atoms with Gasteiger partial charge >= 0.3 is 0 Å². The van der Waals surface area contributed by atoms with Crippen molar-refractivity contribution in [3.8, 4) is 17.2 Å². The molecule has 0 radical (unpaired) electrons. The van der Waals surface area contributed by atoms with Crippen LogP contribution < -0.4 is 0 Å². The van der Waals surface area contributed by atoms with E-state index in [4.69, 9.17) is 9.63 Å². The minimum atomic E-state index is -0.640. The van der Waals surface area contributed by atoms with Crippen molar-refractivity contribution in [2.45, 2.75) is 6.42 Å². The highest BCUT2D eigenvalue weighted by molar-refractivity contribution is 5.62. The minimum Gasteiger partial charge on any atom is -0.507 e. The Labute approximate surface area is 90.2 Å². The number of aromatic hydroxyl groups is 1. The van der Waals surface area contributed by atoms with E-state index in [0.717, 1.165) is 0 Å². The van der Waals surface area contributed by atoms with Crippen molar-refractivity contribution in [1.82, 2.24) is 10.1 Å². The molecule has 1 aromatic heterocycles. The van der Waals surface area contributed by atoms with Gasteiger partial charge in [-0.15, -0.1) is 0 Å². The van der Waals surface area contributed by atoms with Crippen molar-refractivity contribution in [2.24, 2.45) is 0 Å². The molecule has 0 bridgehead atoms. The summed E-state index contributed by atoms with van der Waals surface area (Å²) in [5.74, 6) is -0.738. The van der Waals surface area contributed by atoms with Crippen molar-refractivity contribution in [1.29, 1.82) is 0 Å². The number of nitrogens with zero attached hydrogens (tertiary/aromatic N) is 2. The monoisotopic (exact) mass is 224 g/mol. The summed E-state index contributed by atoms with van der Waals surface area (Å²) in [7, 11) is 0. The molecule has 84 valence electrons. The Morgan fingerprint density at radius 3 is 2.88 bits per heavy atom. The van der Waals surface area contributed by atoms with Crippen molar-refractivity contribution < 1.29 is 19.1 Å². The summed E-state index contributed by atoms with van der Waals surface area (Å²) in [6, 6.07) is 3.89. The number of halogens is 1. The number of hydrogen-bond donors (Lipinski definition) is 2. The average Bonchev–Trinajstić information content (AvgIpc) is 2.67. The maximum atomic E-state index is 13.4. The summed E-state index contributed by atoms with van der Waals surface area (Å²) < 4.78 is 18.2. The third kappa shape index (κ3) is 1.87. The molecular formula is C10H9FN2O3. The topological polar surface area (TPSA) is 79.4 Å². The number of rotatable bonds is 3. The van der Waals surface area contributed by atoms with Gasteiger partial charge in [0.2, 0.25) is 0 Å². The molecule has 0 aliphatic heterocycles. The zero-order valence-electron chi connectivity index (χ0n) is 8.22. The van der Waals surface area contributed by atoms with E-state index in [1.165, 1.54) is 18.2 Å². The lowest BCUT2D eigenvalue weighted by atomic mass is 10.2. The molecule has 6 heteroatoms. The first-order valence-corrected chi connectivity index (χ1v) is 4.63. The van der Waals surface area contributed by atoms with Crippen LogP contribution in [-0.4, -0.2) is 27.0 Å². The molecule has 0 saturated carbocycles. The maximum absolute atomic E-state index is 13.4. The third-order valence-corrected chi connectivity index (χ3v) is 2.01. The lowest BCUT2D eigenvalue weighted by Gasteiger charge is -1.99. The lowest BCUT2D eigenvalue weighted by molar-refractivity contribution is 0.293. The highest BCUT2D eigenvalue weighted by Crippen LogP contribution is 2.30. The predicted octanol–water partition coefficient (Wildman–Crippen LogP) is 1.12. The van der Waals surface area contributed by atoms with E-state index < -0.39 is 5.82 Å². The number of phenols is 1. The Morgan fingerprint density at radius 1 is 1.38 bits per heavy atom. The van der Waals surface area contributed by atoms with Gasteiger partial charge in [0.1, 0.15) is 17.1 Å². The Bertz CT molecular complexity index is 478. The van der Waals surface area contributed by atoms with Crippen molar-refractivity contribution in [3.63, 3.8) is 0 Å². The van der Waals surface area contributed by atoms with E-state index in [2.05, 4.69) is 10.1 Å². The van der Waals surface area contributed by atoms with Gasteiger partial charge in [0, 0.05) is 6.42 Å². The highest BCUT2D eigenvalue weighted by Gasteiger charge is 2.16. The molecule has 2 rings (SSSR count). The molecule has 0 spiro atoms. The molecule has 0 aliphatic carbocycles. The van der Waals surface area contributed by atoms with Gasteiger partial charge in [-0.05, 0) is 12.1 Å². The normalized spacial score (nSPS) is 10.6. The van der Waals surface area contributed by atoms with Crippen LogP contribution in [0.3, 0.4) is 0 Å². The molecule has 1 heterocycles. The number of phenolic OH excluding ortho intramolecular Hbond substituents is 1. The second-order valence-electron chi connectivity index (χ2n) is 3.12. The standard InChI is InChI=1S/C10H9FN2O3/c11-6-2-1-3-7(15)9(6)10-12-8(4-5-14)13-16-10/h1-3,14-15H,4-5H2. The zero-order valence-corrected chi connectivity index (χ0v) is 8.22. The van der Waals surface area contributed by atoms with Crippen LogP contribution in [0, 0.1) is 5.82 Å². The molecule has 5 nitrogen and oxygen atoms in total. The predicted molar refractivity (Wildman–Crippen MR) is 52.1 cm³/mol. The molecule has 1 aromatic carbocycles. The van der Waals surface area contributed by atoms with Crippen LogP contribution in [0.5, 0.6) is 5.75 Å². The fourth-order valence-electron chi connectivity index (χ4n) is 1.28. The minimum absolute atomic E-state index is 0.0981. The van der Waals surface area contributed by atoms with Crippen LogP contribution in [0.15, 0.2) is 22.7 Å². The van der Waals surface area contributed by atoms with E-state index in [9.17, 15) is 9.50 Å². The van der Waals surface area contributed by atoms with Crippen LogP contribution in [-0.2, 0) is 6.42 Å². The average molecular weight is 224 g/mol. The van der Waals surface area contributed by atoms with Gasteiger partial charge in [0.15, 0.2) is 5.82 Å².